The Bertz CT molecular complexity index is 1280. The Morgan fingerprint density at radius 3 is 2.39 bits per heavy atom. The van der Waals surface area contributed by atoms with Gasteiger partial charge >= 0.3 is 5.97 Å². The summed E-state index contributed by atoms with van der Waals surface area (Å²) >= 11 is 6.11. The highest BCUT2D eigenvalue weighted by Gasteiger charge is 2.14. The molecule has 186 valence electrons. The average molecular weight is 510 g/mol. The zero-order chi connectivity index (χ0) is 26.1. The van der Waals surface area contributed by atoms with Crippen LogP contribution in [0.5, 0.6) is 0 Å². The summed E-state index contributed by atoms with van der Waals surface area (Å²) in [6, 6.07) is 18.8. The number of methoxy groups -OCH3 is 1. The van der Waals surface area contributed by atoms with Crippen molar-refractivity contribution in [3.63, 3.8) is 0 Å². The molecule has 0 heterocycles. The molecule has 0 saturated carbocycles. The fourth-order valence-electron chi connectivity index (χ4n) is 3.33. The van der Waals surface area contributed by atoms with E-state index >= 15 is 0 Å². The van der Waals surface area contributed by atoms with E-state index in [4.69, 9.17) is 16.3 Å². The van der Waals surface area contributed by atoms with Crippen molar-refractivity contribution in [2.24, 2.45) is 10.2 Å². The SMILES string of the molecule is COC(=O)CCN(Cc1ccccc1)c1ccc(N=Nc2ccc([N+](=O)[O-])cc2Cl)c(NC(C)=O)c1. The molecule has 0 unspecified atom stereocenters. The van der Waals surface area contributed by atoms with Gasteiger partial charge in [-0.05, 0) is 29.8 Å². The van der Waals surface area contributed by atoms with Crippen LogP contribution in [0.2, 0.25) is 5.02 Å². The Morgan fingerprint density at radius 1 is 1.06 bits per heavy atom. The second kappa shape index (κ2) is 12.4. The molecule has 0 bridgehead atoms. The van der Waals surface area contributed by atoms with E-state index in [9.17, 15) is 19.7 Å². The summed E-state index contributed by atoms with van der Waals surface area (Å²) in [5, 5.41) is 22.0. The standard InChI is InChI=1S/C25H24ClN5O5/c1-17(32)27-24-15-19(30(13-12-25(33)36-2)16-18-6-4-3-5-7-18)8-11-23(24)29-28-22-10-9-20(31(34)35)14-21(22)26/h3-11,14-15H,12-13,16H2,1-2H3,(H,27,32). The van der Waals surface area contributed by atoms with Gasteiger partial charge in [0.2, 0.25) is 5.91 Å². The Balaban J connectivity index is 1.93. The number of carbonyl (C=O) groups is 2. The molecule has 0 atom stereocenters. The molecule has 0 spiro atoms. The van der Waals surface area contributed by atoms with Crippen molar-refractivity contribution in [3.05, 3.63) is 87.4 Å². The lowest BCUT2D eigenvalue weighted by Crippen LogP contribution is -2.26. The summed E-state index contributed by atoms with van der Waals surface area (Å²) in [7, 11) is 1.34. The first-order valence-electron chi connectivity index (χ1n) is 10.9. The van der Waals surface area contributed by atoms with Crippen LogP contribution in [0.15, 0.2) is 77.0 Å². The zero-order valence-electron chi connectivity index (χ0n) is 19.7. The number of benzene rings is 3. The van der Waals surface area contributed by atoms with Gasteiger partial charge < -0.3 is 15.0 Å². The monoisotopic (exact) mass is 509 g/mol. The largest absolute Gasteiger partial charge is 0.469 e. The highest BCUT2D eigenvalue weighted by atomic mass is 35.5. The van der Waals surface area contributed by atoms with E-state index in [0.29, 0.717) is 24.5 Å². The molecule has 0 radical (unpaired) electrons. The van der Waals surface area contributed by atoms with Gasteiger partial charge in [0, 0.05) is 37.8 Å². The number of carbonyl (C=O) groups excluding carboxylic acids is 2. The molecule has 0 aliphatic heterocycles. The number of hydrogen-bond donors (Lipinski definition) is 1. The minimum Gasteiger partial charge on any atom is -0.469 e. The molecule has 3 aromatic carbocycles. The Kier molecular flexibility index (Phi) is 9.07. The van der Waals surface area contributed by atoms with Gasteiger partial charge in [-0.2, -0.15) is 0 Å². The van der Waals surface area contributed by atoms with Gasteiger partial charge in [-0.1, -0.05) is 41.9 Å². The van der Waals surface area contributed by atoms with Crippen molar-refractivity contribution in [1.29, 1.82) is 0 Å². The summed E-state index contributed by atoms with van der Waals surface area (Å²) in [4.78, 5) is 36.0. The van der Waals surface area contributed by atoms with E-state index in [0.717, 1.165) is 11.3 Å². The van der Waals surface area contributed by atoms with Crippen molar-refractivity contribution < 1.29 is 19.2 Å². The second-order valence-electron chi connectivity index (χ2n) is 7.71. The molecule has 1 amide bonds. The Morgan fingerprint density at radius 2 is 1.75 bits per heavy atom. The van der Waals surface area contributed by atoms with E-state index in [1.165, 1.54) is 32.2 Å². The maximum atomic E-state index is 11.9. The van der Waals surface area contributed by atoms with Crippen LogP contribution in [0.4, 0.5) is 28.4 Å². The molecule has 0 aromatic heterocycles. The van der Waals surface area contributed by atoms with Gasteiger partial charge in [0.1, 0.15) is 11.4 Å². The second-order valence-corrected chi connectivity index (χ2v) is 8.12. The molecule has 3 rings (SSSR count). The summed E-state index contributed by atoms with van der Waals surface area (Å²) in [5.41, 5.74) is 2.63. The predicted molar refractivity (Wildman–Crippen MR) is 137 cm³/mol. The van der Waals surface area contributed by atoms with Crippen molar-refractivity contribution >= 4 is 51.9 Å². The zero-order valence-corrected chi connectivity index (χ0v) is 20.4. The highest BCUT2D eigenvalue weighted by Crippen LogP contribution is 2.34. The van der Waals surface area contributed by atoms with Crippen LogP contribution in [0, 0.1) is 10.1 Å². The maximum absolute atomic E-state index is 11.9. The van der Waals surface area contributed by atoms with Crippen LogP contribution in [-0.4, -0.2) is 30.5 Å². The maximum Gasteiger partial charge on any atom is 0.307 e. The fraction of sp³-hybridized carbons (Fsp3) is 0.200. The van der Waals surface area contributed by atoms with E-state index in [-0.39, 0.29) is 34.7 Å². The van der Waals surface area contributed by atoms with E-state index < -0.39 is 4.92 Å². The van der Waals surface area contributed by atoms with Gasteiger partial charge in [-0.25, -0.2) is 0 Å². The number of amides is 1. The number of nitro benzene ring substituents is 1. The number of azo groups is 1. The number of non-ortho nitro benzene ring substituents is 1. The van der Waals surface area contributed by atoms with Crippen LogP contribution < -0.4 is 10.2 Å². The molecule has 0 aliphatic carbocycles. The first kappa shape index (κ1) is 26.3. The van der Waals surface area contributed by atoms with Gasteiger partial charge in [0.05, 0.1) is 29.2 Å². The van der Waals surface area contributed by atoms with Gasteiger partial charge in [0.25, 0.3) is 5.69 Å². The summed E-state index contributed by atoms with van der Waals surface area (Å²) in [5.74, 6) is -0.637. The number of nitrogens with one attached hydrogen (secondary N) is 1. The lowest BCUT2D eigenvalue weighted by Gasteiger charge is -2.25. The smallest absolute Gasteiger partial charge is 0.307 e. The minimum atomic E-state index is -0.554. The van der Waals surface area contributed by atoms with Gasteiger partial charge in [-0.3, -0.25) is 19.7 Å². The van der Waals surface area contributed by atoms with Gasteiger partial charge in [0.15, 0.2) is 0 Å². The highest BCUT2D eigenvalue weighted by molar-refractivity contribution is 6.33. The van der Waals surface area contributed by atoms with Crippen molar-refractivity contribution in [2.45, 2.75) is 19.9 Å². The lowest BCUT2D eigenvalue weighted by atomic mass is 10.1. The molecule has 3 aromatic rings. The molecular weight excluding hydrogens is 486 g/mol. The molecule has 1 N–H and O–H groups in total. The van der Waals surface area contributed by atoms with Crippen LogP contribution in [0.3, 0.4) is 0 Å². The lowest BCUT2D eigenvalue weighted by molar-refractivity contribution is -0.384. The third-order valence-electron chi connectivity index (χ3n) is 5.09. The van der Waals surface area contributed by atoms with Crippen molar-refractivity contribution in [3.8, 4) is 0 Å². The van der Waals surface area contributed by atoms with Crippen LogP contribution in [0.25, 0.3) is 0 Å². The molecule has 0 aliphatic rings. The number of rotatable bonds is 10. The number of nitro groups is 1. The minimum absolute atomic E-state index is 0.0718. The topological polar surface area (TPSA) is 126 Å². The average Bonchev–Trinajstić information content (AvgIpc) is 2.86. The number of halogens is 1. The third-order valence-corrected chi connectivity index (χ3v) is 5.40. The number of ether oxygens (including phenoxy) is 1. The number of hydrogen-bond acceptors (Lipinski definition) is 8. The van der Waals surface area contributed by atoms with Crippen LogP contribution >= 0.6 is 11.6 Å². The van der Waals surface area contributed by atoms with Crippen LogP contribution in [0.1, 0.15) is 18.9 Å². The molecule has 11 heteroatoms. The molecule has 36 heavy (non-hydrogen) atoms. The number of esters is 1. The van der Waals surface area contributed by atoms with Gasteiger partial charge in [-0.15, -0.1) is 10.2 Å². The predicted octanol–water partition coefficient (Wildman–Crippen LogP) is 6.19. The number of anilines is 2. The molecule has 0 saturated heterocycles. The van der Waals surface area contributed by atoms with Crippen molar-refractivity contribution in [1.82, 2.24) is 0 Å². The van der Waals surface area contributed by atoms with E-state index in [2.05, 4.69) is 15.5 Å². The van der Waals surface area contributed by atoms with E-state index in [1.54, 1.807) is 18.2 Å². The van der Waals surface area contributed by atoms with E-state index in [1.807, 2.05) is 35.2 Å². The quantitative estimate of drug-likeness (QED) is 0.150. The molecular formula is C25H24ClN5O5. The Hall–Kier alpha value is -4.31. The summed E-state index contributed by atoms with van der Waals surface area (Å²) in [6.45, 7) is 2.29. The first-order chi connectivity index (χ1) is 17.3. The summed E-state index contributed by atoms with van der Waals surface area (Å²) < 4.78 is 4.79. The van der Waals surface area contributed by atoms with Crippen LogP contribution in [-0.2, 0) is 20.9 Å². The first-order valence-corrected chi connectivity index (χ1v) is 11.3. The fourth-order valence-corrected chi connectivity index (χ4v) is 3.54. The molecule has 0 fully saturated rings. The summed E-state index contributed by atoms with van der Waals surface area (Å²) in [6.07, 6.45) is 0.179. The Labute approximate surface area is 212 Å². The normalized spacial score (nSPS) is 10.8. The molecule has 10 nitrogen and oxygen atoms in total. The van der Waals surface area contributed by atoms with Crippen molar-refractivity contribution in [2.75, 3.05) is 23.9 Å². The third kappa shape index (κ3) is 7.34. The number of nitrogens with zero attached hydrogens (tertiary/aromatic N) is 4.